The van der Waals surface area contributed by atoms with Crippen LogP contribution in [0.1, 0.15) is 10.4 Å². The van der Waals surface area contributed by atoms with Crippen molar-refractivity contribution in [3.63, 3.8) is 0 Å². The topological polar surface area (TPSA) is 76.4 Å². The Bertz CT molecular complexity index is 679. The lowest BCUT2D eigenvalue weighted by Gasteiger charge is -2.13. The standard InChI is InChI=1S/C14H13BrFN3O2/c1-21-12-6-5-8(15)7-11(12)18-14(20)9-3-2-4-10(16)13(9)19-17/h2-7,19H,17H2,1H3,(H,18,20). The van der Waals surface area contributed by atoms with Crippen molar-refractivity contribution in [1.29, 1.82) is 0 Å². The van der Waals surface area contributed by atoms with E-state index in [0.29, 0.717) is 11.4 Å². The molecule has 0 radical (unpaired) electrons. The molecule has 0 heterocycles. The minimum Gasteiger partial charge on any atom is -0.495 e. The Kier molecular flexibility index (Phi) is 4.77. The Labute approximate surface area is 129 Å². The average molecular weight is 354 g/mol. The second-order valence-electron chi connectivity index (χ2n) is 4.11. The van der Waals surface area contributed by atoms with Crippen molar-refractivity contribution in [3.8, 4) is 5.75 Å². The van der Waals surface area contributed by atoms with Gasteiger partial charge >= 0.3 is 0 Å². The summed E-state index contributed by atoms with van der Waals surface area (Å²) in [5.74, 6) is 4.65. The quantitative estimate of drug-likeness (QED) is 0.582. The number of carbonyl (C=O) groups is 1. The first-order valence-corrected chi connectivity index (χ1v) is 6.76. The molecule has 1 amide bonds. The van der Waals surface area contributed by atoms with Crippen LogP contribution in [0.3, 0.4) is 0 Å². The van der Waals surface area contributed by atoms with E-state index in [1.54, 1.807) is 18.2 Å². The maximum Gasteiger partial charge on any atom is 0.258 e. The molecule has 0 spiro atoms. The Morgan fingerprint density at radius 3 is 2.76 bits per heavy atom. The van der Waals surface area contributed by atoms with Crippen molar-refractivity contribution in [1.82, 2.24) is 0 Å². The van der Waals surface area contributed by atoms with Crippen molar-refractivity contribution >= 4 is 33.2 Å². The van der Waals surface area contributed by atoms with Gasteiger partial charge in [0, 0.05) is 4.47 Å². The van der Waals surface area contributed by atoms with Crippen LogP contribution in [0.4, 0.5) is 15.8 Å². The van der Waals surface area contributed by atoms with Crippen LogP contribution in [0.2, 0.25) is 0 Å². The van der Waals surface area contributed by atoms with Gasteiger partial charge in [0.1, 0.15) is 11.6 Å². The maximum absolute atomic E-state index is 13.6. The summed E-state index contributed by atoms with van der Waals surface area (Å²) < 4.78 is 19.5. The molecule has 0 aromatic heterocycles. The molecule has 7 heteroatoms. The summed E-state index contributed by atoms with van der Waals surface area (Å²) in [4.78, 5) is 12.3. The van der Waals surface area contributed by atoms with Crippen LogP contribution in [0, 0.1) is 5.82 Å². The summed E-state index contributed by atoms with van der Waals surface area (Å²) in [6.45, 7) is 0. The van der Waals surface area contributed by atoms with E-state index >= 15 is 0 Å². The number of halogens is 2. The van der Waals surface area contributed by atoms with E-state index in [-0.39, 0.29) is 11.3 Å². The van der Waals surface area contributed by atoms with Crippen LogP contribution in [-0.2, 0) is 0 Å². The number of ether oxygens (including phenoxy) is 1. The number of nitrogens with one attached hydrogen (secondary N) is 2. The van der Waals surface area contributed by atoms with E-state index < -0.39 is 11.7 Å². The van der Waals surface area contributed by atoms with Crippen molar-refractivity contribution < 1.29 is 13.9 Å². The van der Waals surface area contributed by atoms with E-state index in [0.717, 1.165) is 4.47 Å². The zero-order valence-corrected chi connectivity index (χ0v) is 12.7. The van der Waals surface area contributed by atoms with Crippen molar-refractivity contribution in [3.05, 3.63) is 52.3 Å². The van der Waals surface area contributed by atoms with Crippen LogP contribution >= 0.6 is 15.9 Å². The van der Waals surface area contributed by atoms with Crippen LogP contribution in [0.25, 0.3) is 0 Å². The lowest BCUT2D eigenvalue weighted by molar-refractivity contribution is 0.102. The molecule has 0 bridgehead atoms. The number of rotatable bonds is 4. The molecule has 0 aliphatic heterocycles. The molecule has 2 rings (SSSR count). The predicted molar refractivity (Wildman–Crippen MR) is 82.9 cm³/mol. The second kappa shape index (κ2) is 6.55. The molecule has 2 aromatic rings. The number of nitrogen functional groups attached to an aromatic ring is 1. The molecule has 4 N–H and O–H groups in total. The molecule has 2 aromatic carbocycles. The summed E-state index contributed by atoms with van der Waals surface area (Å²) >= 11 is 3.31. The van der Waals surface area contributed by atoms with Gasteiger partial charge in [-0.25, -0.2) is 4.39 Å². The van der Waals surface area contributed by atoms with Gasteiger partial charge in [0.15, 0.2) is 0 Å². The van der Waals surface area contributed by atoms with Crippen LogP contribution < -0.4 is 21.3 Å². The van der Waals surface area contributed by atoms with Crippen LogP contribution in [-0.4, -0.2) is 13.0 Å². The minimum atomic E-state index is -0.605. The van der Waals surface area contributed by atoms with Crippen molar-refractivity contribution in [2.24, 2.45) is 5.84 Å². The summed E-state index contributed by atoms with van der Waals surface area (Å²) in [7, 11) is 1.49. The Hall–Kier alpha value is -2.12. The highest BCUT2D eigenvalue weighted by Gasteiger charge is 2.16. The molecular formula is C14H13BrFN3O2. The zero-order valence-electron chi connectivity index (χ0n) is 11.1. The van der Waals surface area contributed by atoms with E-state index in [9.17, 15) is 9.18 Å². The molecule has 0 aliphatic carbocycles. The monoisotopic (exact) mass is 353 g/mol. The SMILES string of the molecule is COc1ccc(Br)cc1NC(=O)c1cccc(F)c1NN. The molecule has 0 unspecified atom stereocenters. The highest BCUT2D eigenvalue weighted by molar-refractivity contribution is 9.10. The number of hydrogen-bond acceptors (Lipinski definition) is 4. The third kappa shape index (κ3) is 3.32. The second-order valence-corrected chi connectivity index (χ2v) is 5.02. The third-order valence-corrected chi connectivity index (χ3v) is 3.31. The third-order valence-electron chi connectivity index (χ3n) is 2.81. The number of carbonyl (C=O) groups excluding carboxylic acids is 1. The zero-order chi connectivity index (χ0) is 15.4. The van der Waals surface area contributed by atoms with Gasteiger partial charge < -0.3 is 15.5 Å². The molecule has 110 valence electrons. The largest absolute Gasteiger partial charge is 0.495 e. The molecule has 5 nitrogen and oxygen atoms in total. The molecule has 0 saturated carbocycles. The first kappa shape index (κ1) is 15.3. The number of methoxy groups -OCH3 is 1. The van der Waals surface area contributed by atoms with Gasteiger partial charge in [0.2, 0.25) is 0 Å². The lowest BCUT2D eigenvalue weighted by atomic mass is 10.1. The number of para-hydroxylation sites is 1. The van der Waals surface area contributed by atoms with E-state index in [1.165, 1.54) is 25.3 Å². The molecular weight excluding hydrogens is 341 g/mol. The van der Waals surface area contributed by atoms with E-state index in [2.05, 4.69) is 26.7 Å². The van der Waals surface area contributed by atoms with Gasteiger partial charge in [-0.1, -0.05) is 22.0 Å². The van der Waals surface area contributed by atoms with Gasteiger partial charge in [-0.15, -0.1) is 0 Å². The van der Waals surface area contributed by atoms with Crippen LogP contribution in [0.5, 0.6) is 5.75 Å². The van der Waals surface area contributed by atoms with Crippen molar-refractivity contribution in [2.45, 2.75) is 0 Å². The van der Waals surface area contributed by atoms with E-state index in [4.69, 9.17) is 10.6 Å². The minimum absolute atomic E-state index is 0.0658. The maximum atomic E-state index is 13.6. The number of hydrazine groups is 1. The summed E-state index contributed by atoms with van der Waals surface area (Å²) in [6.07, 6.45) is 0. The molecule has 0 fully saturated rings. The molecule has 21 heavy (non-hydrogen) atoms. The highest BCUT2D eigenvalue weighted by Crippen LogP contribution is 2.29. The normalized spacial score (nSPS) is 10.1. The number of hydrogen-bond donors (Lipinski definition) is 3. The number of amides is 1. The first-order valence-electron chi connectivity index (χ1n) is 5.97. The number of benzene rings is 2. The fourth-order valence-electron chi connectivity index (χ4n) is 1.83. The summed E-state index contributed by atoms with van der Waals surface area (Å²) in [5, 5.41) is 2.66. The molecule has 0 saturated heterocycles. The Morgan fingerprint density at radius 1 is 1.33 bits per heavy atom. The predicted octanol–water partition coefficient (Wildman–Crippen LogP) is 3.13. The smallest absolute Gasteiger partial charge is 0.258 e. The lowest BCUT2D eigenvalue weighted by Crippen LogP contribution is -2.18. The molecule has 0 aliphatic rings. The highest BCUT2D eigenvalue weighted by atomic mass is 79.9. The van der Waals surface area contributed by atoms with Gasteiger partial charge in [-0.2, -0.15) is 0 Å². The van der Waals surface area contributed by atoms with Gasteiger partial charge in [0.25, 0.3) is 5.91 Å². The van der Waals surface area contributed by atoms with Crippen LogP contribution in [0.15, 0.2) is 40.9 Å². The Morgan fingerprint density at radius 2 is 2.10 bits per heavy atom. The number of anilines is 2. The van der Waals surface area contributed by atoms with Gasteiger partial charge in [-0.3, -0.25) is 10.6 Å². The van der Waals surface area contributed by atoms with E-state index in [1.807, 2.05) is 0 Å². The fourth-order valence-corrected chi connectivity index (χ4v) is 2.19. The fraction of sp³-hybridized carbons (Fsp3) is 0.0714. The van der Waals surface area contributed by atoms with Gasteiger partial charge in [-0.05, 0) is 30.3 Å². The average Bonchev–Trinajstić information content (AvgIpc) is 2.47. The number of nitrogens with two attached hydrogens (primary N) is 1. The van der Waals surface area contributed by atoms with Gasteiger partial charge in [0.05, 0.1) is 24.0 Å². The summed E-state index contributed by atoms with van der Waals surface area (Å²) in [5.41, 5.74) is 2.69. The first-order chi connectivity index (χ1) is 10.1. The van der Waals surface area contributed by atoms with Crippen molar-refractivity contribution in [2.75, 3.05) is 17.9 Å². The Balaban J connectivity index is 2.35. The molecule has 0 atom stereocenters. The summed E-state index contributed by atoms with van der Waals surface area (Å²) in [6, 6.07) is 9.29.